The number of carbonyl (C=O) groups excluding carboxylic acids is 1. The first-order valence-corrected chi connectivity index (χ1v) is 7.64. The Bertz CT molecular complexity index is 823. The molecule has 7 nitrogen and oxygen atoms in total. The van der Waals surface area contributed by atoms with Gasteiger partial charge in [0.1, 0.15) is 23.6 Å². The summed E-state index contributed by atoms with van der Waals surface area (Å²) in [4.78, 5) is 20.7. The summed E-state index contributed by atoms with van der Waals surface area (Å²) in [5.74, 6) is 1.69. The lowest BCUT2D eigenvalue weighted by molar-refractivity contribution is 0.0950. The fourth-order valence-corrected chi connectivity index (χ4v) is 2.29. The van der Waals surface area contributed by atoms with Crippen LogP contribution in [0, 0.1) is 0 Å². The molecule has 0 atom stereocenters. The lowest BCUT2D eigenvalue weighted by Gasteiger charge is -2.09. The van der Waals surface area contributed by atoms with E-state index in [-0.39, 0.29) is 5.91 Å². The predicted octanol–water partition coefficient (Wildman–Crippen LogP) is 2.21. The molecule has 0 aliphatic rings. The topological polar surface area (TPSA) is 78.3 Å². The maximum Gasteiger partial charge on any atom is 0.251 e. The maximum absolute atomic E-state index is 12.4. The summed E-state index contributed by atoms with van der Waals surface area (Å²) in [6.07, 6.45) is 6.92. The lowest BCUT2D eigenvalue weighted by atomic mass is 10.2. The maximum atomic E-state index is 12.4. The van der Waals surface area contributed by atoms with Crippen molar-refractivity contribution >= 4 is 5.91 Å². The van der Waals surface area contributed by atoms with Gasteiger partial charge in [-0.05, 0) is 23.8 Å². The molecule has 0 saturated heterocycles. The summed E-state index contributed by atoms with van der Waals surface area (Å²) >= 11 is 0. The monoisotopic (exact) mass is 338 g/mol. The Balaban J connectivity index is 1.66. The van der Waals surface area contributed by atoms with Gasteiger partial charge >= 0.3 is 0 Å². The van der Waals surface area contributed by atoms with Crippen molar-refractivity contribution in [2.45, 2.75) is 6.54 Å². The Morgan fingerprint density at radius 3 is 2.48 bits per heavy atom. The second-order valence-corrected chi connectivity index (χ2v) is 5.28. The van der Waals surface area contributed by atoms with Gasteiger partial charge in [-0.25, -0.2) is 9.97 Å². The molecule has 0 aliphatic carbocycles. The summed E-state index contributed by atoms with van der Waals surface area (Å²) < 4.78 is 12.2. The minimum atomic E-state index is -0.212. The van der Waals surface area contributed by atoms with Gasteiger partial charge in [-0.1, -0.05) is 6.07 Å². The molecule has 3 aromatic rings. The number of methoxy groups -OCH3 is 2. The number of rotatable bonds is 6. The molecule has 0 radical (unpaired) electrons. The van der Waals surface area contributed by atoms with E-state index in [2.05, 4.69) is 15.3 Å². The van der Waals surface area contributed by atoms with Crippen LogP contribution >= 0.6 is 0 Å². The molecule has 2 heterocycles. The highest BCUT2D eigenvalue weighted by atomic mass is 16.5. The van der Waals surface area contributed by atoms with E-state index >= 15 is 0 Å². The van der Waals surface area contributed by atoms with Crippen molar-refractivity contribution in [1.82, 2.24) is 19.9 Å². The van der Waals surface area contributed by atoms with Crippen molar-refractivity contribution in [3.63, 3.8) is 0 Å². The smallest absolute Gasteiger partial charge is 0.251 e. The Labute approximate surface area is 145 Å². The number of amides is 1. The van der Waals surface area contributed by atoms with Gasteiger partial charge in [0, 0.05) is 36.8 Å². The standard InChI is InChI=1S/C18H18N4O3/c1-24-15-7-14(8-16(9-15)25-2)18(23)21-11-13-3-4-17(20-10-13)22-6-5-19-12-22/h3-10,12H,11H2,1-2H3,(H,21,23). The first-order chi connectivity index (χ1) is 12.2. The summed E-state index contributed by atoms with van der Waals surface area (Å²) in [6, 6.07) is 8.83. The van der Waals surface area contributed by atoms with E-state index in [4.69, 9.17) is 9.47 Å². The number of aromatic nitrogens is 3. The van der Waals surface area contributed by atoms with E-state index in [1.807, 2.05) is 22.9 Å². The Morgan fingerprint density at radius 2 is 1.92 bits per heavy atom. The molecule has 25 heavy (non-hydrogen) atoms. The van der Waals surface area contributed by atoms with Crippen molar-refractivity contribution in [2.24, 2.45) is 0 Å². The van der Waals surface area contributed by atoms with Crippen molar-refractivity contribution < 1.29 is 14.3 Å². The quantitative estimate of drug-likeness (QED) is 0.745. The minimum absolute atomic E-state index is 0.212. The molecule has 0 aliphatic heterocycles. The SMILES string of the molecule is COc1cc(OC)cc(C(=O)NCc2ccc(-n3ccnc3)nc2)c1. The third-order valence-corrected chi connectivity index (χ3v) is 3.64. The van der Waals surface area contributed by atoms with E-state index in [1.54, 1.807) is 51.1 Å². The van der Waals surface area contributed by atoms with Crippen molar-refractivity contribution in [3.8, 4) is 17.3 Å². The number of nitrogens with one attached hydrogen (secondary N) is 1. The molecular weight excluding hydrogens is 320 g/mol. The van der Waals surface area contributed by atoms with Gasteiger partial charge in [-0.15, -0.1) is 0 Å². The van der Waals surface area contributed by atoms with Crippen LogP contribution < -0.4 is 14.8 Å². The molecule has 3 rings (SSSR count). The van der Waals surface area contributed by atoms with Crippen LogP contribution in [0.1, 0.15) is 15.9 Å². The number of nitrogens with zero attached hydrogens (tertiary/aromatic N) is 3. The third kappa shape index (κ3) is 3.95. The first-order valence-electron chi connectivity index (χ1n) is 7.64. The highest BCUT2D eigenvalue weighted by Gasteiger charge is 2.10. The molecule has 1 N–H and O–H groups in total. The molecule has 1 aromatic carbocycles. The molecule has 0 saturated carbocycles. The van der Waals surface area contributed by atoms with Crippen LogP contribution in [0.3, 0.4) is 0 Å². The van der Waals surface area contributed by atoms with E-state index in [9.17, 15) is 4.79 Å². The fraction of sp³-hybridized carbons (Fsp3) is 0.167. The Kier molecular flexibility index (Phi) is 4.94. The van der Waals surface area contributed by atoms with Gasteiger partial charge in [-0.2, -0.15) is 0 Å². The van der Waals surface area contributed by atoms with Crippen LogP contribution in [0.4, 0.5) is 0 Å². The van der Waals surface area contributed by atoms with Crippen LogP contribution in [0.25, 0.3) is 5.82 Å². The highest BCUT2D eigenvalue weighted by Crippen LogP contribution is 2.22. The van der Waals surface area contributed by atoms with Crippen LogP contribution in [-0.4, -0.2) is 34.7 Å². The lowest BCUT2D eigenvalue weighted by Crippen LogP contribution is -2.23. The zero-order chi connectivity index (χ0) is 17.6. The van der Waals surface area contributed by atoms with Gasteiger partial charge in [-0.3, -0.25) is 9.36 Å². The predicted molar refractivity (Wildman–Crippen MR) is 92.1 cm³/mol. The number of hydrogen-bond donors (Lipinski definition) is 1. The van der Waals surface area contributed by atoms with Gasteiger partial charge in [0.2, 0.25) is 0 Å². The average Bonchev–Trinajstić information content (AvgIpc) is 3.20. The number of ether oxygens (including phenoxy) is 2. The van der Waals surface area contributed by atoms with Gasteiger partial charge < -0.3 is 14.8 Å². The number of hydrogen-bond acceptors (Lipinski definition) is 5. The number of imidazole rings is 1. The molecule has 1 amide bonds. The van der Waals surface area contributed by atoms with E-state index in [0.29, 0.717) is 23.6 Å². The minimum Gasteiger partial charge on any atom is -0.497 e. The average molecular weight is 338 g/mol. The zero-order valence-electron chi connectivity index (χ0n) is 14.0. The van der Waals surface area contributed by atoms with Crippen LogP contribution in [0.5, 0.6) is 11.5 Å². The van der Waals surface area contributed by atoms with Crippen LogP contribution in [0.15, 0.2) is 55.2 Å². The van der Waals surface area contributed by atoms with Crippen molar-refractivity contribution in [1.29, 1.82) is 0 Å². The van der Waals surface area contributed by atoms with E-state index < -0.39 is 0 Å². The highest BCUT2D eigenvalue weighted by molar-refractivity contribution is 5.95. The zero-order valence-corrected chi connectivity index (χ0v) is 14.0. The summed E-state index contributed by atoms with van der Waals surface area (Å²) in [6.45, 7) is 0.371. The van der Waals surface area contributed by atoms with Gasteiger partial charge in [0.15, 0.2) is 0 Å². The van der Waals surface area contributed by atoms with Crippen LogP contribution in [0.2, 0.25) is 0 Å². The number of pyridine rings is 1. The molecule has 7 heteroatoms. The molecule has 0 bridgehead atoms. The van der Waals surface area contributed by atoms with Gasteiger partial charge in [0.25, 0.3) is 5.91 Å². The summed E-state index contributed by atoms with van der Waals surface area (Å²) in [5, 5.41) is 2.86. The van der Waals surface area contributed by atoms with Crippen molar-refractivity contribution in [3.05, 3.63) is 66.4 Å². The first kappa shape index (κ1) is 16.5. The number of carbonyl (C=O) groups is 1. The summed E-state index contributed by atoms with van der Waals surface area (Å²) in [5.41, 5.74) is 1.37. The Morgan fingerprint density at radius 1 is 1.16 bits per heavy atom. The third-order valence-electron chi connectivity index (χ3n) is 3.64. The van der Waals surface area contributed by atoms with E-state index in [1.165, 1.54) is 0 Å². The molecule has 0 unspecified atom stereocenters. The normalized spacial score (nSPS) is 10.3. The Hall–Kier alpha value is -3.35. The second-order valence-electron chi connectivity index (χ2n) is 5.28. The van der Waals surface area contributed by atoms with Crippen LogP contribution in [-0.2, 0) is 6.54 Å². The van der Waals surface area contributed by atoms with E-state index in [0.717, 1.165) is 11.4 Å². The molecule has 128 valence electrons. The fourth-order valence-electron chi connectivity index (χ4n) is 2.29. The number of benzene rings is 1. The molecular formula is C18H18N4O3. The largest absolute Gasteiger partial charge is 0.497 e. The molecule has 0 fully saturated rings. The van der Waals surface area contributed by atoms with Gasteiger partial charge in [0.05, 0.1) is 14.2 Å². The second kappa shape index (κ2) is 7.48. The summed E-state index contributed by atoms with van der Waals surface area (Å²) in [7, 11) is 3.09. The molecule has 0 spiro atoms. The van der Waals surface area contributed by atoms with Crippen molar-refractivity contribution in [2.75, 3.05) is 14.2 Å². The molecule has 2 aromatic heterocycles.